The maximum Gasteiger partial charge on any atom is 0.288 e. The molecule has 0 aliphatic carbocycles. The molecule has 8 heteroatoms. The lowest BCUT2D eigenvalue weighted by atomic mass is 10.2. The van der Waals surface area contributed by atoms with Crippen LogP contribution in [0.2, 0.25) is 0 Å². The maximum absolute atomic E-state index is 12.3. The van der Waals surface area contributed by atoms with Gasteiger partial charge in [-0.15, -0.1) is 0 Å². The molecule has 0 fully saturated rings. The number of nitrogens with zero attached hydrogens (tertiary/aromatic N) is 2. The van der Waals surface area contributed by atoms with E-state index in [4.69, 9.17) is 5.73 Å². The second-order valence-electron chi connectivity index (χ2n) is 2.55. The Morgan fingerprint density at radius 3 is 2.60 bits per heavy atom. The molecular weight excluding hydrogens is 212 g/mol. The first kappa shape index (κ1) is 11.0. The minimum Gasteiger partial charge on any atom is -0.366 e. The number of rotatable bonds is 3. The molecule has 0 radical (unpaired) electrons. The summed E-state index contributed by atoms with van der Waals surface area (Å²) in [6.45, 7) is 0. The summed E-state index contributed by atoms with van der Waals surface area (Å²) >= 11 is 0. The first-order chi connectivity index (χ1) is 6.93. The number of pyridine rings is 1. The molecular formula is C7H5F2N3O3. The molecule has 0 aromatic carbocycles. The molecule has 0 bridgehead atoms. The molecule has 0 spiro atoms. The van der Waals surface area contributed by atoms with Gasteiger partial charge in [0.05, 0.1) is 10.5 Å². The smallest absolute Gasteiger partial charge is 0.288 e. The van der Waals surface area contributed by atoms with Crippen molar-refractivity contribution in [2.45, 2.75) is 6.43 Å². The summed E-state index contributed by atoms with van der Waals surface area (Å²) in [5.41, 5.74) is 2.73. The number of hydrogen-bond donors (Lipinski definition) is 1. The second-order valence-corrected chi connectivity index (χ2v) is 2.55. The van der Waals surface area contributed by atoms with Gasteiger partial charge >= 0.3 is 0 Å². The van der Waals surface area contributed by atoms with E-state index in [2.05, 4.69) is 4.98 Å². The number of alkyl halides is 2. The Balaban J connectivity index is 3.33. The molecule has 0 saturated carbocycles. The third-order valence-electron chi connectivity index (χ3n) is 1.59. The molecule has 1 aromatic heterocycles. The number of halogens is 2. The quantitative estimate of drug-likeness (QED) is 0.603. The fourth-order valence-corrected chi connectivity index (χ4v) is 0.935. The van der Waals surface area contributed by atoms with Gasteiger partial charge in [0.15, 0.2) is 0 Å². The SMILES string of the molecule is NC(=O)c1cc([N+](=O)[O-])cnc1C(F)F. The zero-order valence-electron chi connectivity index (χ0n) is 7.18. The molecule has 80 valence electrons. The van der Waals surface area contributed by atoms with Gasteiger partial charge in [0.25, 0.3) is 18.0 Å². The van der Waals surface area contributed by atoms with Gasteiger partial charge in [0, 0.05) is 6.07 Å². The van der Waals surface area contributed by atoms with Crippen LogP contribution >= 0.6 is 0 Å². The first-order valence-electron chi connectivity index (χ1n) is 3.65. The van der Waals surface area contributed by atoms with E-state index in [1.165, 1.54) is 0 Å². The molecule has 0 atom stereocenters. The van der Waals surface area contributed by atoms with Crippen LogP contribution in [0.15, 0.2) is 12.3 Å². The van der Waals surface area contributed by atoms with Crippen molar-refractivity contribution in [1.82, 2.24) is 4.98 Å². The predicted molar refractivity (Wildman–Crippen MR) is 44.4 cm³/mol. The summed E-state index contributed by atoms with van der Waals surface area (Å²) in [5, 5.41) is 10.3. The first-order valence-corrected chi connectivity index (χ1v) is 3.65. The Labute approximate surface area is 81.9 Å². The number of nitro groups is 1. The number of nitrogens with two attached hydrogens (primary N) is 1. The monoisotopic (exact) mass is 217 g/mol. The standard InChI is InChI=1S/C7H5F2N3O3/c8-6(9)5-4(7(10)13)1-3(2-11-5)12(14)15/h1-2,6H,(H2,10,13). The highest BCUT2D eigenvalue weighted by Crippen LogP contribution is 2.23. The summed E-state index contributed by atoms with van der Waals surface area (Å²) in [6, 6.07) is 0.677. The zero-order chi connectivity index (χ0) is 11.6. The van der Waals surface area contributed by atoms with Crippen molar-refractivity contribution in [3.63, 3.8) is 0 Å². The average Bonchev–Trinajstić information content (AvgIpc) is 2.16. The van der Waals surface area contributed by atoms with Crippen molar-refractivity contribution in [3.8, 4) is 0 Å². The average molecular weight is 217 g/mol. The Morgan fingerprint density at radius 1 is 1.60 bits per heavy atom. The van der Waals surface area contributed by atoms with Gasteiger partial charge in [0.2, 0.25) is 0 Å². The minimum absolute atomic E-state index is 0.562. The van der Waals surface area contributed by atoms with Crippen LogP contribution < -0.4 is 5.73 Å². The van der Waals surface area contributed by atoms with Crippen LogP contribution in [0.4, 0.5) is 14.5 Å². The summed E-state index contributed by atoms with van der Waals surface area (Å²) < 4.78 is 24.6. The summed E-state index contributed by atoms with van der Waals surface area (Å²) in [4.78, 5) is 23.3. The number of amides is 1. The van der Waals surface area contributed by atoms with Crippen molar-refractivity contribution >= 4 is 11.6 Å². The topological polar surface area (TPSA) is 99.1 Å². The fourth-order valence-electron chi connectivity index (χ4n) is 0.935. The third kappa shape index (κ3) is 2.22. The van der Waals surface area contributed by atoms with Gasteiger partial charge < -0.3 is 5.73 Å². The molecule has 15 heavy (non-hydrogen) atoms. The van der Waals surface area contributed by atoms with Crippen LogP contribution in [0.3, 0.4) is 0 Å². The molecule has 6 nitrogen and oxygen atoms in total. The largest absolute Gasteiger partial charge is 0.366 e. The molecule has 2 N–H and O–H groups in total. The summed E-state index contributed by atoms with van der Waals surface area (Å²) in [5.74, 6) is -1.18. The van der Waals surface area contributed by atoms with Crippen LogP contribution in [-0.4, -0.2) is 15.8 Å². The van der Waals surface area contributed by atoms with Crippen LogP contribution in [0.5, 0.6) is 0 Å². The lowest BCUT2D eigenvalue weighted by molar-refractivity contribution is -0.385. The lowest BCUT2D eigenvalue weighted by Crippen LogP contribution is -2.15. The number of primary amides is 1. The van der Waals surface area contributed by atoms with E-state index in [9.17, 15) is 23.7 Å². The van der Waals surface area contributed by atoms with Gasteiger partial charge in [-0.05, 0) is 0 Å². The molecule has 0 aliphatic rings. The molecule has 0 saturated heterocycles. The second kappa shape index (κ2) is 3.95. The van der Waals surface area contributed by atoms with Gasteiger partial charge in [-0.3, -0.25) is 14.9 Å². The van der Waals surface area contributed by atoms with Crippen molar-refractivity contribution in [2.24, 2.45) is 5.73 Å². The number of hydrogen-bond acceptors (Lipinski definition) is 4. The van der Waals surface area contributed by atoms with Gasteiger partial charge in [-0.2, -0.15) is 0 Å². The van der Waals surface area contributed by atoms with E-state index in [1.54, 1.807) is 0 Å². The van der Waals surface area contributed by atoms with E-state index >= 15 is 0 Å². The van der Waals surface area contributed by atoms with Crippen molar-refractivity contribution < 1.29 is 18.5 Å². The minimum atomic E-state index is -3.01. The normalized spacial score (nSPS) is 10.3. The molecule has 1 aromatic rings. The Kier molecular flexibility index (Phi) is 2.88. The Bertz CT molecular complexity index is 422. The molecule has 0 aliphatic heterocycles. The molecule has 0 unspecified atom stereocenters. The van der Waals surface area contributed by atoms with Gasteiger partial charge in [-0.1, -0.05) is 0 Å². The highest BCUT2D eigenvalue weighted by Gasteiger charge is 2.21. The molecule has 1 amide bonds. The van der Waals surface area contributed by atoms with Crippen LogP contribution in [0.1, 0.15) is 22.5 Å². The van der Waals surface area contributed by atoms with E-state index in [1.807, 2.05) is 0 Å². The van der Waals surface area contributed by atoms with Crippen molar-refractivity contribution in [1.29, 1.82) is 0 Å². The third-order valence-corrected chi connectivity index (χ3v) is 1.59. The van der Waals surface area contributed by atoms with Crippen molar-refractivity contribution in [3.05, 3.63) is 33.6 Å². The van der Waals surface area contributed by atoms with E-state index < -0.39 is 34.2 Å². The van der Waals surface area contributed by atoms with Crippen LogP contribution in [-0.2, 0) is 0 Å². The number of aromatic nitrogens is 1. The predicted octanol–water partition coefficient (Wildman–Crippen LogP) is 1.03. The van der Waals surface area contributed by atoms with E-state index in [-0.39, 0.29) is 0 Å². The van der Waals surface area contributed by atoms with Gasteiger partial charge in [-0.25, -0.2) is 13.8 Å². The molecule has 1 heterocycles. The Morgan fingerprint density at radius 2 is 2.20 bits per heavy atom. The van der Waals surface area contributed by atoms with Crippen LogP contribution in [0.25, 0.3) is 0 Å². The van der Waals surface area contributed by atoms with Crippen LogP contribution in [0, 0.1) is 10.1 Å². The van der Waals surface area contributed by atoms with Crippen molar-refractivity contribution in [2.75, 3.05) is 0 Å². The number of carbonyl (C=O) groups excluding carboxylic acids is 1. The summed E-state index contributed by atoms with van der Waals surface area (Å²) in [7, 11) is 0. The van der Waals surface area contributed by atoms with E-state index in [0.29, 0.717) is 12.3 Å². The molecule has 1 rings (SSSR count). The van der Waals surface area contributed by atoms with Gasteiger partial charge in [0.1, 0.15) is 11.9 Å². The number of carbonyl (C=O) groups is 1. The zero-order valence-corrected chi connectivity index (χ0v) is 7.18. The fraction of sp³-hybridized carbons (Fsp3) is 0.143. The highest BCUT2D eigenvalue weighted by atomic mass is 19.3. The maximum atomic E-state index is 12.3. The highest BCUT2D eigenvalue weighted by molar-refractivity contribution is 5.94. The summed E-state index contributed by atoms with van der Waals surface area (Å²) in [6.07, 6.45) is -2.36. The Hall–Kier alpha value is -2.12. The lowest BCUT2D eigenvalue weighted by Gasteiger charge is -2.03. The van der Waals surface area contributed by atoms with E-state index in [0.717, 1.165) is 0 Å².